The Bertz CT molecular complexity index is 1650. The average Bonchev–Trinajstić information content (AvgIpc) is 3.07. The van der Waals surface area contributed by atoms with E-state index in [1.165, 1.54) is 29.2 Å². The molecule has 0 bridgehead atoms. The molecule has 1 unspecified atom stereocenters. The number of hydrogen-bond acceptors (Lipinski definition) is 5. The van der Waals surface area contributed by atoms with Gasteiger partial charge in [0.15, 0.2) is 0 Å². The van der Waals surface area contributed by atoms with Crippen LogP contribution in [0, 0.1) is 0 Å². The molecule has 0 aliphatic rings. The number of ether oxygens (including phenoxy) is 1. The molecule has 46 heavy (non-hydrogen) atoms. The second kappa shape index (κ2) is 16.8. The first-order chi connectivity index (χ1) is 22.2. The van der Waals surface area contributed by atoms with Crippen molar-refractivity contribution in [1.29, 1.82) is 0 Å². The molecule has 0 fully saturated rings. The van der Waals surface area contributed by atoms with E-state index in [0.717, 1.165) is 28.3 Å². The summed E-state index contributed by atoms with van der Waals surface area (Å²) in [7, 11) is -4.23. The monoisotopic (exact) mass is 661 g/mol. The van der Waals surface area contributed by atoms with Gasteiger partial charge in [-0.1, -0.05) is 85.6 Å². The molecule has 2 amide bonds. The van der Waals surface area contributed by atoms with Crippen LogP contribution in [0.5, 0.6) is 5.75 Å². The number of carbonyl (C=O) groups excluding carboxylic acids is 2. The molecule has 242 valence electrons. The Hall–Kier alpha value is -4.34. The topological polar surface area (TPSA) is 96.0 Å². The van der Waals surface area contributed by atoms with E-state index in [0.29, 0.717) is 23.9 Å². The van der Waals surface area contributed by atoms with Crippen LogP contribution in [0.4, 0.5) is 5.69 Å². The van der Waals surface area contributed by atoms with Gasteiger partial charge in [-0.25, -0.2) is 8.42 Å². The summed E-state index contributed by atoms with van der Waals surface area (Å²) in [5.41, 5.74) is 1.96. The minimum absolute atomic E-state index is 0.0219. The molecule has 0 aliphatic carbocycles. The first-order valence-electron chi connectivity index (χ1n) is 15.4. The van der Waals surface area contributed by atoms with E-state index in [2.05, 4.69) is 5.32 Å². The summed E-state index contributed by atoms with van der Waals surface area (Å²) in [6, 6.07) is 30.3. The van der Waals surface area contributed by atoms with E-state index >= 15 is 0 Å². The fraction of sp³-hybridized carbons (Fsp3) is 0.278. The van der Waals surface area contributed by atoms with Gasteiger partial charge >= 0.3 is 0 Å². The fourth-order valence-electron chi connectivity index (χ4n) is 4.98. The van der Waals surface area contributed by atoms with Crippen molar-refractivity contribution >= 4 is 39.1 Å². The molecule has 0 spiro atoms. The second-order valence-corrected chi connectivity index (χ2v) is 13.0. The van der Waals surface area contributed by atoms with Gasteiger partial charge in [-0.3, -0.25) is 13.9 Å². The molecule has 4 aromatic rings. The van der Waals surface area contributed by atoms with E-state index in [1.54, 1.807) is 24.3 Å². The summed E-state index contributed by atoms with van der Waals surface area (Å²) in [5.74, 6) is -0.254. The molecule has 0 radical (unpaired) electrons. The van der Waals surface area contributed by atoms with Gasteiger partial charge < -0.3 is 15.0 Å². The number of amides is 2. The number of anilines is 1. The minimum Gasteiger partial charge on any atom is -0.494 e. The zero-order valence-electron chi connectivity index (χ0n) is 26.1. The van der Waals surface area contributed by atoms with Crippen LogP contribution in [0.2, 0.25) is 5.02 Å². The zero-order chi connectivity index (χ0) is 32.9. The molecule has 8 nitrogen and oxygen atoms in total. The van der Waals surface area contributed by atoms with Crippen LogP contribution < -0.4 is 14.4 Å². The molecule has 0 saturated carbocycles. The molecule has 1 N–H and O–H groups in total. The van der Waals surface area contributed by atoms with Gasteiger partial charge in [-0.05, 0) is 73.0 Å². The van der Waals surface area contributed by atoms with Crippen molar-refractivity contribution in [2.24, 2.45) is 0 Å². The highest BCUT2D eigenvalue weighted by molar-refractivity contribution is 7.92. The standard InChI is InChI=1S/C36H40ClN3O5S/c1-3-5-24-38-36(42)34(25-28-12-8-6-9-13-28)39(26-29-14-10-7-11-15-29)35(41)27-40(31-18-20-32(21-19-31)45-4-2)46(43,44)33-22-16-30(37)17-23-33/h6-23,34H,3-5,24-27H2,1-2H3,(H,38,42). The Morgan fingerprint density at radius 3 is 2.02 bits per heavy atom. The van der Waals surface area contributed by atoms with Crippen LogP contribution in [0.15, 0.2) is 114 Å². The molecule has 4 aromatic carbocycles. The minimum atomic E-state index is -4.23. The maximum absolute atomic E-state index is 14.5. The Labute approximate surface area is 277 Å². The van der Waals surface area contributed by atoms with E-state index in [4.69, 9.17) is 16.3 Å². The summed E-state index contributed by atoms with van der Waals surface area (Å²) < 4.78 is 34.9. The highest BCUT2D eigenvalue weighted by Gasteiger charge is 2.34. The lowest BCUT2D eigenvalue weighted by molar-refractivity contribution is -0.140. The van der Waals surface area contributed by atoms with Crippen LogP contribution in [0.25, 0.3) is 0 Å². The number of benzene rings is 4. The number of nitrogens with one attached hydrogen (secondary N) is 1. The lowest BCUT2D eigenvalue weighted by Crippen LogP contribution is -2.53. The van der Waals surface area contributed by atoms with Gasteiger partial charge in [0, 0.05) is 24.5 Å². The number of nitrogens with zero attached hydrogens (tertiary/aromatic N) is 2. The third-order valence-electron chi connectivity index (χ3n) is 7.41. The average molecular weight is 662 g/mol. The molecular formula is C36H40ClN3O5S. The van der Waals surface area contributed by atoms with Gasteiger partial charge in [0.25, 0.3) is 10.0 Å². The van der Waals surface area contributed by atoms with Crippen molar-refractivity contribution in [3.8, 4) is 5.75 Å². The van der Waals surface area contributed by atoms with Crippen molar-refractivity contribution in [3.63, 3.8) is 0 Å². The zero-order valence-corrected chi connectivity index (χ0v) is 27.7. The molecule has 4 rings (SSSR count). The highest BCUT2D eigenvalue weighted by atomic mass is 35.5. The number of halogens is 1. The predicted octanol–water partition coefficient (Wildman–Crippen LogP) is 6.49. The van der Waals surface area contributed by atoms with Crippen molar-refractivity contribution in [3.05, 3.63) is 125 Å². The van der Waals surface area contributed by atoms with Crippen LogP contribution >= 0.6 is 11.6 Å². The number of hydrogen-bond donors (Lipinski definition) is 1. The predicted molar refractivity (Wildman–Crippen MR) is 182 cm³/mol. The quantitative estimate of drug-likeness (QED) is 0.139. The lowest BCUT2D eigenvalue weighted by Gasteiger charge is -2.34. The smallest absolute Gasteiger partial charge is 0.264 e. The number of rotatable bonds is 16. The number of sulfonamides is 1. The Kier molecular flexibility index (Phi) is 12.6. The van der Waals surface area contributed by atoms with Gasteiger partial charge in [0.2, 0.25) is 11.8 Å². The van der Waals surface area contributed by atoms with Crippen molar-refractivity contribution in [2.45, 2.75) is 50.6 Å². The normalized spacial score (nSPS) is 11.8. The molecule has 10 heteroatoms. The van der Waals surface area contributed by atoms with Gasteiger partial charge in [-0.2, -0.15) is 0 Å². The first kappa shape index (κ1) is 34.5. The van der Waals surface area contributed by atoms with Crippen molar-refractivity contribution in [1.82, 2.24) is 10.2 Å². The van der Waals surface area contributed by atoms with E-state index in [-0.39, 0.29) is 29.5 Å². The van der Waals surface area contributed by atoms with Crippen LogP contribution in [0.3, 0.4) is 0 Å². The Morgan fingerprint density at radius 2 is 1.43 bits per heavy atom. The van der Waals surface area contributed by atoms with Crippen molar-refractivity contribution < 1.29 is 22.7 Å². The lowest BCUT2D eigenvalue weighted by atomic mass is 10.0. The van der Waals surface area contributed by atoms with Crippen LogP contribution in [-0.4, -0.2) is 50.9 Å². The SMILES string of the molecule is CCCCNC(=O)C(Cc1ccccc1)N(Cc1ccccc1)C(=O)CN(c1ccc(OCC)cc1)S(=O)(=O)c1ccc(Cl)cc1. The fourth-order valence-corrected chi connectivity index (χ4v) is 6.52. The maximum atomic E-state index is 14.5. The largest absolute Gasteiger partial charge is 0.494 e. The molecule has 0 heterocycles. The van der Waals surface area contributed by atoms with E-state index in [1.807, 2.05) is 74.5 Å². The molecule has 0 saturated heterocycles. The maximum Gasteiger partial charge on any atom is 0.264 e. The van der Waals surface area contributed by atoms with E-state index in [9.17, 15) is 18.0 Å². The van der Waals surface area contributed by atoms with Gasteiger partial charge in [0.05, 0.1) is 17.2 Å². The summed E-state index contributed by atoms with van der Waals surface area (Å²) >= 11 is 6.06. The van der Waals surface area contributed by atoms with Crippen molar-refractivity contribution in [2.75, 3.05) is 24.0 Å². The van der Waals surface area contributed by atoms with Crippen LogP contribution in [-0.2, 0) is 32.6 Å². The summed E-state index contributed by atoms with van der Waals surface area (Å²) in [5, 5.41) is 3.38. The molecule has 0 aromatic heterocycles. The molecule has 0 aliphatic heterocycles. The number of unbranched alkanes of at least 4 members (excludes halogenated alkanes) is 1. The summed E-state index contributed by atoms with van der Waals surface area (Å²) in [6.45, 7) is 4.38. The van der Waals surface area contributed by atoms with Crippen LogP contribution in [0.1, 0.15) is 37.8 Å². The second-order valence-electron chi connectivity index (χ2n) is 10.7. The summed E-state index contributed by atoms with van der Waals surface area (Å²) in [4.78, 5) is 29.8. The molecular weight excluding hydrogens is 622 g/mol. The highest BCUT2D eigenvalue weighted by Crippen LogP contribution is 2.28. The summed E-state index contributed by atoms with van der Waals surface area (Å²) in [6.07, 6.45) is 1.95. The Balaban J connectivity index is 1.77. The Morgan fingerprint density at radius 1 is 0.826 bits per heavy atom. The molecule has 1 atom stereocenters. The third kappa shape index (κ3) is 9.34. The number of carbonyl (C=O) groups is 2. The van der Waals surface area contributed by atoms with E-state index < -0.39 is 28.5 Å². The first-order valence-corrected chi connectivity index (χ1v) is 17.2. The van der Waals surface area contributed by atoms with Gasteiger partial charge in [-0.15, -0.1) is 0 Å². The third-order valence-corrected chi connectivity index (χ3v) is 9.45. The van der Waals surface area contributed by atoms with Gasteiger partial charge in [0.1, 0.15) is 18.3 Å².